The maximum absolute atomic E-state index is 13.6. The van der Waals surface area contributed by atoms with Crippen LogP contribution in [0.3, 0.4) is 0 Å². The number of aryl methyl sites for hydroxylation is 1. The maximum Gasteiger partial charge on any atom is 0.167 e. The van der Waals surface area contributed by atoms with Crippen molar-refractivity contribution in [2.45, 2.75) is 19.3 Å². The number of halogens is 2. The lowest BCUT2D eigenvalue weighted by Gasteiger charge is -2.07. The molecule has 0 saturated carbocycles. The third-order valence-electron chi connectivity index (χ3n) is 1.86. The van der Waals surface area contributed by atoms with Crippen LogP contribution < -0.4 is 0 Å². The van der Waals surface area contributed by atoms with Gasteiger partial charge in [-0.1, -0.05) is 6.92 Å². The Morgan fingerprint density at radius 1 is 1.64 bits per heavy atom. The zero-order valence-corrected chi connectivity index (χ0v) is 8.42. The van der Waals surface area contributed by atoms with Crippen LogP contribution in [0.15, 0.2) is 6.33 Å². The molecule has 0 aromatic carbocycles. The third-order valence-corrected chi connectivity index (χ3v) is 2.17. The van der Waals surface area contributed by atoms with Gasteiger partial charge >= 0.3 is 0 Å². The van der Waals surface area contributed by atoms with E-state index in [9.17, 15) is 4.39 Å². The van der Waals surface area contributed by atoms with Crippen LogP contribution in [-0.4, -0.2) is 15.8 Å². The lowest BCUT2D eigenvalue weighted by Crippen LogP contribution is -2.08. The number of hydrogen-bond donors (Lipinski definition) is 0. The molecular formula is C9H9ClFN3. The molecular weight excluding hydrogens is 205 g/mol. The summed E-state index contributed by atoms with van der Waals surface area (Å²) in [6.45, 7) is 1.79. The number of nitrogens with zero attached hydrogens (tertiary/aromatic N) is 3. The molecule has 0 radical (unpaired) electrons. The van der Waals surface area contributed by atoms with E-state index in [0.717, 1.165) is 0 Å². The number of aromatic nitrogens is 2. The molecule has 1 unspecified atom stereocenters. The van der Waals surface area contributed by atoms with Gasteiger partial charge in [-0.15, -0.1) is 11.6 Å². The Kier molecular flexibility index (Phi) is 3.78. The second kappa shape index (κ2) is 4.87. The molecule has 1 atom stereocenters. The van der Waals surface area contributed by atoms with Gasteiger partial charge in [-0.05, 0) is 6.42 Å². The van der Waals surface area contributed by atoms with Crippen LogP contribution in [0.25, 0.3) is 0 Å². The molecule has 14 heavy (non-hydrogen) atoms. The SMILES string of the molecule is CCc1ncnc(C(C#N)CCl)c1F. The van der Waals surface area contributed by atoms with Gasteiger partial charge in [-0.3, -0.25) is 0 Å². The second-order valence-electron chi connectivity index (χ2n) is 2.71. The first-order valence-corrected chi connectivity index (χ1v) is 4.72. The van der Waals surface area contributed by atoms with E-state index in [1.165, 1.54) is 6.33 Å². The van der Waals surface area contributed by atoms with E-state index in [4.69, 9.17) is 16.9 Å². The first-order chi connectivity index (χ1) is 6.74. The first kappa shape index (κ1) is 10.9. The summed E-state index contributed by atoms with van der Waals surface area (Å²) in [7, 11) is 0. The Morgan fingerprint density at radius 3 is 2.86 bits per heavy atom. The zero-order chi connectivity index (χ0) is 10.6. The van der Waals surface area contributed by atoms with Crippen molar-refractivity contribution < 1.29 is 4.39 Å². The van der Waals surface area contributed by atoms with Crippen molar-refractivity contribution in [3.8, 4) is 6.07 Å². The number of alkyl halides is 1. The fourth-order valence-corrected chi connectivity index (χ4v) is 1.30. The predicted molar refractivity (Wildman–Crippen MR) is 50.4 cm³/mol. The van der Waals surface area contributed by atoms with Crippen molar-refractivity contribution in [2.24, 2.45) is 0 Å². The van der Waals surface area contributed by atoms with E-state index in [2.05, 4.69) is 9.97 Å². The molecule has 74 valence electrons. The minimum absolute atomic E-state index is 0.0353. The van der Waals surface area contributed by atoms with Crippen molar-refractivity contribution in [3.05, 3.63) is 23.5 Å². The van der Waals surface area contributed by atoms with Crippen molar-refractivity contribution in [1.29, 1.82) is 5.26 Å². The Morgan fingerprint density at radius 2 is 2.36 bits per heavy atom. The lowest BCUT2D eigenvalue weighted by atomic mass is 10.1. The van der Waals surface area contributed by atoms with Crippen LogP contribution in [0.1, 0.15) is 24.2 Å². The van der Waals surface area contributed by atoms with Gasteiger partial charge in [0.2, 0.25) is 0 Å². The second-order valence-corrected chi connectivity index (χ2v) is 3.02. The van der Waals surface area contributed by atoms with Crippen LogP contribution in [0, 0.1) is 17.1 Å². The fraction of sp³-hybridized carbons (Fsp3) is 0.444. The lowest BCUT2D eigenvalue weighted by molar-refractivity contribution is 0.568. The smallest absolute Gasteiger partial charge is 0.167 e. The molecule has 0 fully saturated rings. The average molecular weight is 214 g/mol. The monoisotopic (exact) mass is 213 g/mol. The summed E-state index contributed by atoms with van der Waals surface area (Å²) in [5.74, 6) is -1.18. The average Bonchev–Trinajstić information content (AvgIpc) is 2.22. The molecule has 0 aliphatic rings. The van der Waals surface area contributed by atoms with Crippen molar-refractivity contribution in [3.63, 3.8) is 0 Å². The summed E-state index contributed by atoms with van der Waals surface area (Å²) in [5, 5.41) is 8.71. The van der Waals surface area contributed by atoms with Crippen LogP contribution in [-0.2, 0) is 6.42 Å². The number of hydrogen-bond acceptors (Lipinski definition) is 3. The Bertz CT molecular complexity index is 362. The molecule has 0 amide bonds. The van der Waals surface area contributed by atoms with E-state index >= 15 is 0 Å². The van der Waals surface area contributed by atoms with E-state index < -0.39 is 11.7 Å². The van der Waals surface area contributed by atoms with Gasteiger partial charge in [0.1, 0.15) is 12.2 Å². The van der Waals surface area contributed by atoms with Gasteiger partial charge in [-0.25, -0.2) is 14.4 Å². The van der Waals surface area contributed by atoms with Crippen molar-refractivity contribution in [2.75, 3.05) is 5.88 Å². The Hall–Kier alpha value is -1.21. The zero-order valence-electron chi connectivity index (χ0n) is 7.67. The molecule has 5 heteroatoms. The maximum atomic E-state index is 13.6. The Balaban J connectivity index is 3.15. The van der Waals surface area contributed by atoms with Crippen molar-refractivity contribution >= 4 is 11.6 Å². The molecule has 1 heterocycles. The Labute approximate surface area is 86.6 Å². The van der Waals surface area contributed by atoms with Crippen molar-refractivity contribution in [1.82, 2.24) is 9.97 Å². The molecule has 0 bridgehead atoms. The molecule has 0 saturated heterocycles. The van der Waals surface area contributed by atoms with Crippen LogP contribution >= 0.6 is 11.6 Å². The summed E-state index contributed by atoms with van der Waals surface area (Å²) in [4.78, 5) is 7.51. The predicted octanol–water partition coefficient (Wildman–Crippen LogP) is 2.02. The third kappa shape index (κ3) is 1.99. The molecule has 0 aliphatic carbocycles. The quantitative estimate of drug-likeness (QED) is 0.722. The van der Waals surface area contributed by atoms with E-state index in [1.54, 1.807) is 6.92 Å². The van der Waals surface area contributed by atoms with Crippen LogP contribution in [0.2, 0.25) is 0 Å². The van der Waals surface area contributed by atoms with Gasteiger partial charge in [-0.2, -0.15) is 5.26 Å². The summed E-state index contributed by atoms with van der Waals surface area (Å²) >= 11 is 5.52. The molecule has 3 nitrogen and oxygen atoms in total. The largest absolute Gasteiger partial charge is 0.238 e. The van der Waals surface area contributed by atoms with Gasteiger partial charge in [0.25, 0.3) is 0 Å². The highest BCUT2D eigenvalue weighted by Gasteiger charge is 2.18. The summed E-state index contributed by atoms with van der Waals surface area (Å²) in [5.41, 5.74) is 0.412. The van der Waals surface area contributed by atoms with E-state index in [0.29, 0.717) is 12.1 Å². The summed E-state index contributed by atoms with van der Waals surface area (Å²) < 4.78 is 13.6. The van der Waals surface area contributed by atoms with E-state index in [-0.39, 0.29) is 11.6 Å². The highest BCUT2D eigenvalue weighted by atomic mass is 35.5. The molecule has 1 rings (SSSR count). The van der Waals surface area contributed by atoms with Gasteiger partial charge < -0.3 is 0 Å². The number of nitriles is 1. The highest BCUT2D eigenvalue weighted by molar-refractivity contribution is 6.18. The minimum atomic E-state index is -0.704. The topological polar surface area (TPSA) is 49.6 Å². The minimum Gasteiger partial charge on any atom is -0.238 e. The molecule has 0 spiro atoms. The fourth-order valence-electron chi connectivity index (χ4n) is 1.08. The highest BCUT2D eigenvalue weighted by Crippen LogP contribution is 2.19. The molecule has 1 aromatic rings. The van der Waals surface area contributed by atoms with E-state index in [1.807, 2.05) is 6.07 Å². The molecule has 0 aliphatic heterocycles. The normalized spacial score (nSPS) is 12.1. The van der Waals surface area contributed by atoms with Crippen LogP contribution in [0.5, 0.6) is 0 Å². The molecule has 1 aromatic heterocycles. The summed E-state index contributed by atoms with van der Waals surface area (Å²) in [6, 6.07) is 1.90. The van der Waals surface area contributed by atoms with Gasteiger partial charge in [0, 0.05) is 5.88 Å². The first-order valence-electron chi connectivity index (χ1n) is 4.19. The summed E-state index contributed by atoms with van der Waals surface area (Å²) in [6.07, 6.45) is 1.73. The van der Waals surface area contributed by atoms with Crippen LogP contribution in [0.4, 0.5) is 4.39 Å². The molecule has 0 N–H and O–H groups in total. The van der Waals surface area contributed by atoms with Gasteiger partial charge in [0.15, 0.2) is 5.82 Å². The van der Waals surface area contributed by atoms with Gasteiger partial charge in [0.05, 0.1) is 17.5 Å². The standard InChI is InChI=1S/C9H9ClFN3/c1-2-7-8(11)9(14-5-13-7)6(3-10)4-12/h5-6H,2-3H2,1H3. The number of rotatable bonds is 3.